The van der Waals surface area contributed by atoms with Crippen molar-refractivity contribution in [3.8, 4) is 5.75 Å². The first kappa shape index (κ1) is 15.1. The Kier molecular flexibility index (Phi) is 4.18. The molecule has 0 saturated carbocycles. The number of fused-ring (bicyclic) bond motifs is 1. The van der Waals surface area contributed by atoms with Crippen LogP contribution in [0.4, 0.5) is 0 Å². The zero-order valence-electron chi connectivity index (χ0n) is 12.5. The number of hydrogen-bond acceptors (Lipinski definition) is 4. The van der Waals surface area contributed by atoms with Gasteiger partial charge in [-0.1, -0.05) is 18.2 Å². The molecule has 1 aliphatic heterocycles. The van der Waals surface area contributed by atoms with E-state index >= 15 is 0 Å². The van der Waals surface area contributed by atoms with Gasteiger partial charge in [0.1, 0.15) is 10.6 Å². The summed E-state index contributed by atoms with van der Waals surface area (Å²) >= 11 is 0. The lowest BCUT2D eigenvalue weighted by Gasteiger charge is -2.14. The van der Waals surface area contributed by atoms with Crippen LogP contribution in [-0.2, 0) is 22.7 Å². The highest BCUT2D eigenvalue weighted by Gasteiger charge is 2.24. The van der Waals surface area contributed by atoms with Crippen LogP contribution >= 0.6 is 0 Å². The summed E-state index contributed by atoms with van der Waals surface area (Å²) in [6, 6.07) is 12.1. The van der Waals surface area contributed by atoms with Crippen LogP contribution in [0.15, 0.2) is 52.3 Å². The normalized spacial score (nSPS) is 15.0. The second-order valence-electron chi connectivity index (χ2n) is 5.34. The van der Waals surface area contributed by atoms with Crippen LogP contribution < -0.4 is 10.1 Å². The second-order valence-corrected chi connectivity index (χ2v) is 7.26. The van der Waals surface area contributed by atoms with Crippen molar-refractivity contribution in [3.63, 3.8) is 0 Å². The Morgan fingerprint density at radius 1 is 1.00 bits per heavy atom. The van der Waals surface area contributed by atoms with Gasteiger partial charge in [-0.3, -0.25) is 0 Å². The molecule has 0 bridgehead atoms. The Morgan fingerprint density at radius 2 is 1.64 bits per heavy atom. The molecule has 0 radical (unpaired) electrons. The van der Waals surface area contributed by atoms with Gasteiger partial charge in [-0.25, -0.2) is 8.42 Å². The van der Waals surface area contributed by atoms with E-state index in [0.717, 1.165) is 37.1 Å². The Labute approximate surface area is 131 Å². The van der Waals surface area contributed by atoms with Gasteiger partial charge in [0.15, 0.2) is 0 Å². The zero-order valence-corrected chi connectivity index (χ0v) is 13.3. The summed E-state index contributed by atoms with van der Waals surface area (Å²) in [6.45, 7) is 1.77. The average molecular weight is 317 g/mol. The Balaban J connectivity index is 2.16. The lowest BCUT2D eigenvalue weighted by atomic mass is 10.0. The maximum Gasteiger partial charge on any atom is 0.210 e. The molecule has 0 unspecified atom stereocenters. The summed E-state index contributed by atoms with van der Waals surface area (Å²) in [4.78, 5) is 0.543. The first-order valence-electron chi connectivity index (χ1n) is 7.33. The predicted octanol–water partition coefficient (Wildman–Crippen LogP) is 2.22. The summed E-state index contributed by atoms with van der Waals surface area (Å²) in [7, 11) is -2.06. The van der Waals surface area contributed by atoms with Crippen molar-refractivity contribution in [1.82, 2.24) is 5.32 Å². The van der Waals surface area contributed by atoms with Gasteiger partial charge in [0, 0.05) is 0 Å². The Hall–Kier alpha value is -1.85. The number of benzene rings is 2. The Morgan fingerprint density at radius 3 is 2.27 bits per heavy atom. The van der Waals surface area contributed by atoms with Crippen LogP contribution in [0.25, 0.3) is 0 Å². The van der Waals surface area contributed by atoms with Gasteiger partial charge in [0.2, 0.25) is 9.84 Å². The van der Waals surface area contributed by atoms with Gasteiger partial charge < -0.3 is 10.1 Å². The summed E-state index contributed by atoms with van der Waals surface area (Å²) in [5.74, 6) is 0.421. The predicted molar refractivity (Wildman–Crippen MR) is 85.2 cm³/mol. The lowest BCUT2D eigenvalue weighted by Crippen LogP contribution is -2.16. The van der Waals surface area contributed by atoms with E-state index in [1.807, 2.05) is 6.07 Å². The van der Waals surface area contributed by atoms with Crippen LogP contribution in [0.3, 0.4) is 0 Å². The number of sulfone groups is 1. The SMILES string of the molecule is COc1cc2c(cc1S(=O)(=O)c1ccccc1)CCNCC2. The summed E-state index contributed by atoms with van der Waals surface area (Å²) in [5, 5.41) is 3.33. The maximum absolute atomic E-state index is 12.9. The van der Waals surface area contributed by atoms with E-state index < -0.39 is 9.84 Å². The molecule has 4 nitrogen and oxygen atoms in total. The molecule has 2 aromatic carbocycles. The van der Waals surface area contributed by atoms with Crippen LogP contribution in [0.2, 0.25) is 0 Å². The standard InChI is InChI=1S/C17H19NO3S/c1-21-16-11-13-7-9-18-10-8-14(13)12-17(16)22(19,20)15-5-3-2-4-6-15/h2-6,11-12,18H,7-10H2,1H3. The molecule has 1 aliphatic rings. The third kappa shape index (κ3) is 2.74. The van der Waals surface area contributed by atoms with Gasteiger partial charge >= 0.3 is 0 Å². The largest absolute Gasteiger partial charge is 0.495 e. The highest BCUT2D eigenvalue weighted by Crippen LogP contribution is 2.33. The fourth-order valence-corrected chi connectivity index (χ4v) is 4.25. The molecule has 1 heterocycles. The van der Waals surface area contributed by atoms with Crippen LogP contribution in [0.5, 0.6) is 5.75 Å². The summed E-state index contributed by atoms with van der Waals surface area (Å²) in [5.41, 5.74) is 2.24. The van der Waals surface area contributed by atoms with Crippen LogP contribution in [0.1, 0.15) is 11.1 Å². The minimum Gasteiger partial charge on any atom is -0.495 e. The lowest BCUT2D eigenvalue weighted by molar-refractivity contribution is 0.402. The van der Waals surface area contributed by atoms with Crippen molar-refractivity contribution in [1.29, 1.82) is 0 Å². The molecular weight excluding hydrogens is 298 g/mol. The first-order chi connectivity index (χ1) is 10.6. The highest BCUT2D eigenvalue weighted by molar-refractivity contribution is 7.91. The van der Waals surface area contributed by atoms with Crippen LogP contribution in [0, 0.1) is 0 Å². The van der Waals surface area contributed by atoms with Crippen molar-refractivity contribution in [2.24, 2.45) is 0 Å². The number of ether oxygens (including phenoxy) is 1. The fraction of sp³-hybridized carbons (Fsp3) is 0.294. The molecule has 0 aromatic heterocycles. The molecule has 0 saturated heterocycles. The van der Waals surface area contributed by atoms with Crippen molar-refractivity contribution >= 4 is 9.84 Å². The highest BCUT2D eigenvalue weighted by atomic mass is 32.2. The van der Waals surface area contributed by atoms with Crippen molar-refractivity contribution < 1.29 is 13.2 Å². The number of hydrogen-bond donors (Lipinski definition) is 1. The molecule has 3 rings (SSSR count). The van der Waals surface area contributed by atoms with Gasteiger partial charge in [-0.15, -0.1) is 0 Å². The van der Waals surface area contributed by atoms with Gasteiger partial charge in [-0.2, -0.15) is 0 Å². The molecule has 116 valence electrons. The molecule has 0 fully saturated rings. The monoisotopic (exact) mass is 317 g/mol. The molecule has 5 heteroatoms. The molecule has 0 spiro atoms. The van der Waals surface area contributed by atoms with E-state index in [0.29, 0.717) is 10.6 Å². The molecule has 1 N–H and O–H groups in total. The number of methoxy groups -OCH3 is 1. The van der Waals surface area contributed by atoms with E-state index in [1.54, 1.807) is 36.4 Å². The first-order valence-corrected chi connectivity index (χ1v) is 8.82. The van der Waals surface area contributed by atoms with E-state index in [-0.39, 0.29) is 4.90 Å². The van der Waals surface area contributed by atoms with E-state index in [1.165, 1.54) is 7.11 Å². The van der Waals surface area contributed by atoms with E-state index in [2.05, 4.69) is 5.32 Å². The minimum absolute atomic E-state index is 0.252. The molecule has 0 atom stereocenters. The maximum atomic E-state index is 12.9. The molecule has 2 aromatic rings. The summed E-state index contributed by atoms with van der Waals surface area (Å²) in [6.07, 6.45) is 1.72. The molecular formula is C17H19NO3S. The molecule has 0 aliphatic carbocycles. The van der Waals surface area contributed by atoms with Crippen LogP contribution in [-0.4, -0.2) is 28.6 Å². The third-order valence-corrected chi connectivity index (χ3v) is 5.76. The summed E-state index contributed by atoms with van der Waals surface area (Å²) < 4.78 is 31.1. The number of nitrogens with one attached hydrogen (secondary N) is 1. The third-order valence-electron chi connectivity index (χ3n) is 3.97. The number of rotatable bonds is 3. The van der Waals surface area contributed by atoms with E-state index in [4.69, 9.17) is 4.74 Å². The van der Waals surface area contributed by atoms with Gasteiger partial charge in [-0.05, 0) is 61.3 Å². The van der Waals surface area contributed by atoms with Gasteiger partial charge in [0.05, 0.1) is 12.0 Å². The molecule has 22 heavy (non-hydrogen) atoms. The van der Waals surface area contributed by atoms with E-state index in [9.17, 15) is 8.42 Å². The van der Waals surface area contributed by atoms with Gasteiger partial charge in [0.25, 0.3) is 0 Å². The second kappa shape index (κ2) is 6.10. The smallest absolute Gasteiger partial charge is 0.210 e. The topological polar surface area (TPSA) is 55.4 Å². The van der Waals surface area contributed by atoms with Crippen molar-refractivity contribution in [2.75, 3.05) is 20.2 Å². The Bertz CT molecular complexity index is 770. The average Bonchev–Trinajstić information content (AvgIpc) is 2.79. The fourth-order valence-electron chi connectivity index (χ4n) is 2.78. The molecule has 0 amide bonds. The quantitative estimate of drug-likeness (QED) is 0.943. The van der Waals surface area contributed by atoms with Crippen molar-refractivity contribution in [3.05, 3.63) is 53.6 Å². The minimum atomic E-state index is -3.57. The zero-order chi connectivity index (χ0) is 15.6. The van der Waals surface area contributed by atoms with Crippen molar-refractivity contribution in [2.45, 2.75) is 22.6 Å².